The summed E-state index contributed by atoms with van der Waals surface area (Å²) in [7, 11) is 0. The summed E-state index contributed by atoms with van der Waals surface area (Å²) in [6, 6.07) is 22.4. The number of halogens is 1. The predicted molar refractivity (Wildman–Crippen MR) is 124 cm³/mol. The Bertz CT molecular complexity index is 1210. The van der Waals surface area contributed by atoms with Gasteiger partial charge in [-0.3, -0.25) is 4.79 Å². The molecule has 1 unspecified atom stereocenters. The Kier molecular flexibility index (Phi) is 6.68. The lowest BCUT2D eigenvalue weighted by atomic mass is 10.1. The first-order chi connectivity index (χ1) is 15.5. The minimum atomic E-state index is -0.697. The van der Waals surface area contributed by atoms with Gasteiger partial charge in [0.25, 0.3) is 5.91 Å². The zero-order valence-electron chi connectivity index (χ0n) is 17.2. The van der Waals surface area contributed by atoms with Crippen molar-refractivity contribution in [2.75, 3.05) is 6.61 Å². The summed E-state index contributed by atoms with van der Waals surface area (Å²) in [5.41, 5.74) is 2.22. The van der Waals surface area contributed by atoms with Crippen LogP contribution in [0.1, 0.15) is 32.5 Å². The number of esters is 1. The van der Waals surface area contributed by atoms with Crippen LogP contribution in [0.15, 0.2) is 78.2 Å². The van der Waals surface area contributed by atoms with Crippen molar-refractivity contribution in [2.45, 2.75) is 13.0 Å². The highest BCUT2D eigenvalue weighted by molar-refractivity contribution is 7.10. The van der Waals surface area contributed by atoms with Crippen molar-refractivity contribution in [1.82, 2.24) is 15.1 Å². The molecule has 2 aromatic heterocycles. The molecular weight excluding hydrogens is 446 g/mol. The predicted octanol–water partition coefficient (Wildman–Crippen LogP) is 4.96. The van der Waals surface area contributed by atoms with E-state index >= 15 is 0 Å². The van der Waals surface area contributed by atoms with Crippen LogP contribution in [-0.2, 0) is 9.53 Å². The number of nitrogens with one attached hydrogen (secondary N) is 1. The van der Waals surface area contributed by atoms with Crippen LogP contribution in [0.4, 0.5) is 0 Å². The summed E-state index contributed by atoms with van der Waals surface area (Å²) < 4.78 is 6.74. The standard InChI is InChI=1S/C24H20ClN3O3S/c1-16-21(23(25)28(27-16)18-11-6-3-7-12-18)24(30)31-15-20(29)26-22(19-13-8-14-32-19)17-9-4-2-5-10-17/h2-14,22H,15H2,1H3,(H,26,29). The molecule has 1 amide bonds. The topological polar surface area (TPSA) is 73.2 Å². The highest BCUT2D eigenvalue weighted by Crippen LogP contribution is 2.26. The molecule has 4 aromatic rings. The van der Waals surface area contributed by atoms with Crippen LogP contribution in [0.25, 0.3) is 5.69 Å². The Labute approximate surface area is 194 Å². The molecule has 0 radical (unpaired) electrons. The molecule has 0 fully saturated rings. The second-order valence-corrected chi connectivity index (χ2v) is 8.34. The lowest BCUT2D eigenvalue weighted by molar-refractivity contribution is -0.124. The third-order valence-corrected chi connectivity index (χ3v) is 6.10. The number of carbonyl (C=O) groups excluding carboxylic acids is 2. The minimum Gasteiger partial charge on any atom is -0.452 e. The molecule has 162 valence electrons. The van der Waals surface area contributed by atoms with E-state index in [-0.39, 0.29) is 16.8 Å². The number of benzene rings is 2. The first-order valence-electron chi connectivity index (χ1n) is 9.90. The van der Waals surface area contributed by atoms with Crippen LogP contribution >= 0.6 is 22.9 Å². The van der Waals surface area contributed by atoms with Gasteiger partial charge in [-0.05, 0) is 36.1 Å². The van der Waals surface area contributed by atoms with Crippen molar-refractivity contribution in [3.63, 3.8) is 0 Å². The molecule has 6 nitrogen and oxygen atoms in total. The van der Waals surface area contributed by atoms with E-state index in [0.29, 0.717) is 5.69 Å². The Morgan fingerprint density at radius 2 is 1.75 bits per heavy atom. The van der Waals surface area contributed by atoms with E-state index < -0.39 is 18.5 Å². The summed E-state index contributed by atoms with van der Waals surface area (Å²) in [5.74, 6) is -1.11. The number of ether oxygens (including phenoxy) is 1. The molecule has 0 aliphatic carbocycles. The van der Waals surface area contributed by atoms with E-state index in [1.807, 2.05) is 78.2 Å². The molecule has 32 heavy (non-hydrogen) atoms. The average molecular weight is 466 g/mol. The highest BCUT2D eigenvalue weighted by atomic mass is 35.5. The number of carbonyl (C=O) groups is 2. The Balaban J connectivity index is 1.45. The van der Waals surface area contributed by atoms with Gasteiger partial charge in [-0.2, -0.15) is 5.10 Å². The van der Waals surface area contributed by atoms with E-state index in [2.05, 4.69) is 10.4 Å². The fourth-order valence-electron chi connectivity index (χ4n) is 3.30. The Morgan fingerprint density at radius 1 is 1.06 bits per heavy atom. The van der Waals surface area contributed by atoms with E-state index in [4.69, 9.17) is 16.3 Å². The zero-order chi connectivity index (χ0) is 22.5. The summed E-state index contributed by atoms with van der Waals surface area (Å²) >= 11 is 7.95. The maximum Gasteiger partial charge on any atom is 0.343 e. The van der Waals surface area contributed by atoms with E-state index in [9.17, 15) is 9.59 Å². The number of hydrogen-bond donors (Lipinski definition) is 1. The van der Waals surface area contributed by atoms with Crippen molar-refractivity contribution < 1.29 is 14.3 Å². The number of para-hydroxylation sites is 1. The van der Waals surface area contributed by atoms with Crippen molar-refractivity contribution in [2.24, 2.45) is 0 Å². The van der Waals surface area contributed by atoms with E-state index in [0.717, 1.165) is 16.1 Å². The molecule has 0 bridgehead atoms. The number of thiophene rings is 1. The van der Waals surface area contributed by atoms with Crippen LogP contribution in [0, 0.1) is 6.92 Å². The molecule has 1 N–H and O–H groups in total. The highest BCUT2D eigenvalue weighted by Gasteiger charge is 2.24. The van der Waals surface area contributed by atoms with Crippen LogP contribution in [0.3, 0.4) is 0 Å². The van der Waals surface area contributed by atoms with Crippen LogP contribution in [0.5, 0.6) is 0 Å². The van der Waals surface area contributed by atoms with E-state index in [1.165, 1.54) is 4.68 Å². The first-order valence-corrected chi connectivity index (χ1v) is 11.2. The van der Waals surface area contributed by atoms with Gasteiger partial charge in [-0.25, -0.2) is 9.48 Å². The fourth-order valence-corrected chi connectivity index (χ4v) is 4.45. The summed E-state index contributed by atoms with van der Waals surface area (Å²) in [6.07, 6.45) is 0. The maximum atomic E-state index is 12.7. The lowest BCUT2D eigenvalue weighted by Gasteiger charge is -2.18. The third kappa shape index (κ3) is 4.74. The van der Waals surface area contributed by atoms with Gasteiger partial charge in [0.05, 0.1) is 17.4 Å². The molecule has 0 saturated heterocycles. The number of rotatable bonds is 7. The largest absolute Gasteiger partial charge is 0.452 e. The van der Waals surface area contributed by atoms with Gasteiger partial charge in [0, 0.05) is 4.88 Å². The number of nitrogens with zero attached hydrogens (tertiary/aromatic N) is 2. The summed E-state index contributed by atoms with van der Waals surface area (Å²) in [4.78, 5) is 26.3. The number of amides is 1. The van der Waals surface area contributed by atoms with Crippen LogP contribution < -0.4 is 5.32 Å². The molecule has 0 spiro atoms. The normalized spacial score (nSPS) is 11.7. The van der Waals surface area contributed by atoms with Crippen molar-refractivity contribution in [3.05, 3.63) is 105 Å². The molecular formula is C24H20ClN3O3S. The molecule has 8 heteroatoms. The quantitative estimate of drug-likeness (QED) is 0.391. The summed E-state index contributed by atoms with van der Waals surface area (Å²) in [6.45, 7) is 1.24. The molecule has 1 atom stereocenters. The van der Waals surface area contributed by atoms with Gasteiger partial charge in [-0.1, -0.05) is 66.2 Å². The lowest BCUT2D eigenvalue weighted by Crippen LogP contribution is -2.32. The molecule has 2 aromatic carbocycles. The van der Waals surface area contributed by atoms with Gasteiger partial charge >= 0.3 is 5.97 Å². The van der Waals surface area contributed by atoms with Gasteiger partial charge in [-0.15, -0.1) is 11.3 Å². The first kappa shape index (κ1) is 21.8. The van der Waals surface area contributed by atoms with Crippen molar-refractivity contribution in [3.8, 4) is 5.69 Å². The third-order valence-electron chi connectivity index (χ3n) is 4.81. The number of hydrogen-bond acceptors (Lipinski definition) is 5. The Morgan fingerprint density at radius 3 is 2.41 bits per heavy atom. The van der Waals surface area contributed by atoms with Crippen LogP contribution in [-0.4, -0.2) is 28.3 Å². The van der Waals surface area contributed by atoms with Gasteiger partial charge in [0.15, 0.2) is 6.61 Å². The minimum absolute atomic E-state index is 0.139. The molecule has 0 saturated carbocycles. The maximum absolute atomic E-state index is 12.7. The van der Waals surface area contributed by atoms with Gasteiger partial charge in [0.2, 0.25) is 0 Å². The second kappa shape index (κ2) is 9.80. The SMILES string of the molecule is Cc1nn(-c2ccccc2)c(Cl)c1C(=O)OCC(=O)NC(c1ccccc1)c1cccs1. The number of aryl methyl sites for hydroxylation is 1. The Hall–Kier alpha value is -3.42. The van der Waals surface area contributed by atoms with E-state index in [1.54, 1.807) is 18.3 Å². The molecule has 0 aliphatic heterocycles. The monoisotopic (exact) mass is 465 g/mol. The van der Waals surface area contributed by atoms with Gasteiger partial charge < -0.3 is 10.1 Å². The van der Waals surface area contributed by atoms with Crippen molar-refractivity contribution in [1.29, 1.82) is 0 Å². The van der Waals surface area contributed by atoms with Gasteiger partial charge in [0.1, 0.15) is 10.7 Å². The summed E-state index contributed by atoms with van der Waals surface area (Å²) in [5, 5.41) is 9.37. The van der Waals surface area contributed by atoms with Crippen molar-refractivity contribution >= 4 is 34.8 Å². The molecule has 4 rings (SSSR count). The second-order valence-electron chi connectivity index (χ2n) is 7.00. The average Bonchev–Trinajstić information content (AvgIpc) is 3.45. The zero-order valence-corrected chi connectivity index (χ0v) is 18.8. The number of aromatic nitrogens is 2. The molecule has 2 heterocycles. The molecule has 0 aliphatic rings. The smallest absolute Gasteiger partial charge is 0.343 e. The fraction of sp³-hybridized carbons (Fsp3) is 0.125. The van der Waals surface area contributed by atoms with Crippen LogP contribution in [0.2, 0.25) is 5.15 Å².